The maximum absolute atomic E-state index is 5.78. The second-order valence-electron chi connectivity index (χ2n) is 3.46. The molecule has 1 aromatic carbocycles. The van der Waals surface area contributed by atoms with Crippen LogP contribution in [0.3, 0.4) is 0 Å². The third kappa shape index (κ3) is 2.46. The zero-order valence-electron chi connectivity index (χ0n) is 8.31. The molecule has 0 bridgehead atoms. The molecule has 80 valence electrons. The van der Waals surface area contributed by atoms with Crippen LogP contribution in [0.5, 0.6) is 5.75 Å². The van der Waals surface area contributed by atoms with E-state index < -0.39 is 0 Å². The average Bonchev–Trinajstić information content (AvgIpc) is 2.71. The molecular formula is C11H13NO2S. The topological polar surface area (TPSA) is 44.5 Å². The van der Waals surface area contributed by atoms with Crippen molar-refractivity contribution in [2.24, 2.45) is 5.73 Å². The van der Waals surface area contributed by atoms with Crippen LogP contribution < -0.4 is 10.5 Å². The predicted molar refractivity (Wildman–Crippen MR) is 62.2 cm³/mol. The molecule has 4 heteroatoms. The third-order valence-electron chi connectivity index (χ3n) is 2.33. The van der Waals surface area contributed by atoms with Crippen LogP contribution in [0.2, 0.25) is 0 Å². The molecule has 1 atom stereocenters. The lowest BCUT2D eigenvalue weighted by molar-refractivity contribution is 0.141. The van der Waals surface area contributed by atoms with E-state index in [1.807, 2.05) is 24.3 Å². The van der Waals surface area contributed by atoms with Crippen molar-refractivity contribution in [1.82, 2.24) is 0 Å². The number of nitrogens with two attached hydrogens (primary N) is 1. The van der Waals surface area contributed by atoms with Gasteiger partial charge in [-0.3, -0.25) is 0 Å². The Bertz CT molecular complexity index is 361. The van der Waals surface area contributed by atoms with E-state index in [0.717, 1.165) is 24.3 Å². The fraction of sp³-hybridized carbons (Fsp3) is 0.364. The maximum Gasteiger partial charge on any atom is 0.130 e. The lowest BCUT2D eigenvalue weighted by Crippen LogP contribution is -2.19. The van der Waals surface area contributed by atoms with Gasteiger partial charge < -0.3 is 15.2 Å². The number of thiocarbonyl (C=S) groups is 1. The average molecular weight is 223 g/mol. The van der Waals surface area contributed by atoms with Crippen molar-refractivity contribution in [2.75, 3.05) is 13.2 Å². The Morgan fingerprint density at radius 3 is 2.93 bits per heavy atom. The summed E-state index contributed by atoms with van der Waals surface area (Å²) in [5.74, 6) is 0.750. The molecule has 0 saturated carbocycles. The first-order valence-electron chi connectivity index (χ1n) is 4.90. The minimum absolute atomic E-state index is 0.125. The van der Waals surface area contributed by atoms with Crippen LogP contribution in [0, 0.1) is 0 Å². The van der Waals surface area contributed by atoms with Gasteiger partial charge in [0.25, 0.3) is 0 Å². The second-order valence-corrected chi connectivity index (χ2v) is 3.90. The Balaban J connectivity index is 2.15. The summed E-state index contributed by atoms with van der Waals surface area (Å²) in [5, 5.41) is 0. The van der Waals surface area contributed by atoms with Crippen molar-refractivity contribution in [2.45, 2.75) is 12.5 Å². The van der Waals surface area contributed by atoms with Gasteiger partial charge in [-0.1, -0.05) is 24.4 Å². The van der Waals surface area contributed by atoms with Gasteiger partial charge in [-0.05, 0) is 12.1 Å². The molecule has 0 aliphatic carbocycles. The smallest absolute Gasteiger partial charge is 0.130 e. The predicted octanol–water partition coefficient (Wildman–Crippen LogP) is 1.49. The molecule has 0 amide bonds. The van der Waals surface area contributed by atoms with Crippen molar-refractivity contribution in [1.29, 1.82) is 0 Å². The molecule has 1 aliphatic heterocycles. The first-order valence-corrected chi connectivity index (χ1v) is 5.31. The molecular weight excluding hydrogens is 210 g/mol. The number of para-hydroxylation sites is 1. The Morgan fingerprint density at radius 1 is 1.47 bits per heavy atom. The van der Waals surface area contributed by atoms with Crippen LogP contribution in [-0.2, 0) is 4.74 Å². The van der Waals surface area contributed by atoms with E-state index in [2.05, 4.69) is 0 Å². The van der Waals surface area contributed by atoms with E-state index in [4.69, 9.17) is 27.4 Å². The van der Waals surface area contributed by atoms with E-state index in [9.17, 15) is 0 Å². The van der Waals surface area contributed by atoms with Crippen LogP contribution in [0.1, 0.15) is 12.0 Å². The van der Waals surface area contributed by atoms with Crippen LogP contribution >= 0.6 is 12.2 Å². The monoisotopic (exact) mass is 223 g/mol. The molecule has 0 radical (unpaired) electrons. The maximum atomic E-state index is 5.78. The minimum atomic E-state index is 0.125. The van der Waals surface area contributed by atoms with E-state index in [1.54, 1.807) is 0 Å². The number of benzene rings is 1. The van der Waals surface area contributed by atoms with Crippen molar-refractivity contribution in [3.8, 4) is 5.75 Å². The summed E-state index contributed by atoms with van der Waals surface area (Å²) in [4.78, 5) is 0.365. The Kier molecular flexibility index (Phi) is 3.18. The number of hydrogen-bond acceptors (Lipinski definition) is 3. The molecule has 1 unspecified atom stereocenters. The van der Waals surface area contributed by atoms with Gasteiger partial charge in [-0.25, -0.2) is 0 Å². The van der Waals surface area contributed by atoms with Gasteiger partial charge in [0.15, 0.2) is 0 Å². The zero-order chi connectivity index (χ0) is 10.7. The first-order chi connectivity index (χ1) is 7.27. The van der Waals surface area contributed by atoms with E-state index >= 15 is 0 Å². The first kappa shape index (κ1) is 10.4. The largest absolute Gasteiger partial charge is 0.487 e. The van der Waals surface area contributed by atoms with Gasteiger partial charge in [0.1, 0.15) is 16.8 Å². The van der Waals surface area contributed by atoms with Crippen molar-refractivity contribution >= 4 is 17.2 Å². The van der Waals surface area contributed by atoms with Crippen molar-refractivity contribution in [3.63, 3.8) is 0 Å². The van der Waals surface area contributed by atoms with E-state index in [0.29, 0.717) is 11.6 Å². The summed E-state index contributed by atoms with van der Waals surface area (Å²) >= 11 is 4.96. The van der Waals surface area contributed by atoms with E-state index in [-0.39, 0.29) is 6.10 Å². The minimum Gasteiger partial charge on any atom is -0.487 e. The van der Waals surface area contributed by atoms with Gasteiger partial charge in [0.2, 0.25) is 0 Å². The highest BCUT2D eigenvalue weighted by Crippen LogP contribution is 2.21. The lowest BCUT2D eigenvalue weighted by atomic mass is 10.2. The van der Waals surface area contributed by atoms with Crippen molar-refractivity contribution in [3.05, 3.63) is 29.8 Å². The van der Waals surface area contributed by atoms with Gasteiger partial charge in [0, 0.05) is 6.42 Å². The quantitative estimate of drug-likeness (QED) is 0.788. The fourth-order valence-corrected chi connectivity index (χ4v) is 1.73. The Morgan fingerprint density at radius 2 is 2.27 bits per heavy atom. The molecule has 0 aromatic heterocycles. The SMILES string of the molecule is NC(=S)c1ccccc1OC1CCOC1. The summed E-state index contributed by atoms with van der Waals surface area (Å²) in [6, 6.07) is 7.56. The highest BCUT2D eigenvalue weighted by Gasteiger charge is 2.18. The molecule has 1 aromatic rings. The normalized spacial score (nSPS) is 20.1. The number of hydrogen-bond donors (Lipinski definition) is 1. The van der Waals surface area contributed by atoms with Gasteiger partial charge in [-0.15, -0.1) is 0 Å². The standard InChI is InChI=1S/C11H13NO2S/c12-11(15)9-3-1-2-4-10(9)14-8-5-6-13-7-8/h1-4,8H,5-7H2,(H2,12,15). The van der Waals surface area contributed by atoms with Crippen LogP contribution in [0.4, 0.5) is 0 Å². The summed E-state index contributed by atoms with van der Waals surface area (Å²) in [5.41, 5.74) is 6.40. The highest BCUT2D eigenvalue weighted by atomic mass is 32.1. The number of rotatable bonds is 3. The molecule has 15 heavy (non-hydrogen) atoms. The van der Waals surface area contributed by atoms with Crippen LogP contribution in [0.15, 0.2) is 24.3 Å². The molecule has 1 fully saturated rings. The molecule has 1 heterocycles. The molecule has 3 nitrogen and oxygen atoms in total. The van der Waals surface area contributed by atoms with Crippen LogP contribution in [-0.4, -0.2) is 24.3 Å². The third-order valence-corrected chi connectivity index (χ3v) is 2.55. The molecule has 2 rings (SSSR count). The van der Waals surface area contributed by atoms with Crippen LogP contribution in [0.25, 0.3) is 0 Å². The molecule has 0 spiro atoms. The van der Waals surface area contributed by atoms with E-state index in [1.165, 1.54) is 0 Å². The number of ether oxygens (including phenoxy) is 2. The summed E-state index contributed by atoms with van der Waals surface area (Å²) in [7, 11) is 0. The zero-order valence-corrected chi connectivity index (χ0v) is 9.13. The van der Waals surface area contributed by atoms with Gasteiger partial charge in [-0.2, -0.15) is 0 Å². The Hall–Kier alpha value is -1.13. The Labute approximate surface area is 94.2 Å². The van der Waals surface area contributed by atoms with Gasteiger partial charge >= 0.3 is 0 Å². The molecule has 2 N–H and O–H groups in total. The summed E-state index contributed by atoms with van der Waals surface area (Å²) in [6.45, 7) is 1.41. The van der Waals surface area contributed by atoms with Gasteiger partial charge in [0.05, 0.1) is 18.8 Å². The fourth-order valence-electron chi connectivity index (χ4n) is 1.56. The second kappa shape index (κ2) is 4.59. The summed E-state index contributed by atoms with van der Waals surface area (Å²) in [6.07, 6.45) is 1.05. The summed E-state index contributed by atoms with van der Waals surface area (Å²) < 4.78 is 11.0. The van der Waals surface area contributed by atoms with Crippen molar-refractivity contribution < 1.29 is 9.47 Å². The molecule has 1 saturated heterocycles. The lowest BCUT2D eigenvalue weighted by Gasteiger charge is -2.14. The highest BCUT2D eigenvalue weighted by molar-refractivity contribution is 7.80. The molecule has 1 aliphatic rings.